The van der Waals surface area contributed by atoms with Crippen LogP contribution >= 0.6 is 11.8 Å². The number of thioether (sulfide) groups is 1. The van der Waals surface area contributed by atoms with E-state index in [1.165, 1.54) is 10.8 Å². The van der Waals surface area contributed by atoms with Gasteiger partial charge in [-0.1, -0.05) is 0 Å². The number of nitrogens with one attached hydrogen (secondary N) is 1. The van der Waals surface area contributed by atoms with E-state index in [-0.39, 0.29) is 12.2 Å². The molecule has 0 saturated carbocycles. The molecule has 4 N–H and O–H groups in total. The number of hydrogen-bond donors (Lipinski definition) is 4. The van der Waals surface area contributed by atoms with Crippen molar-refractivity contribution < 1.29 is 15.3 Å². The molecule has 1 aromatic rings. The number of hydrogen-bond acceptors (Lipinski definition) is 6. The van der Waals surface area contributed by atoms with Gasteiger partial charge in [0.25, 0.3) is 0 Å². The van der Waals surface area contributed by atoms with Gasteiger partial charge in [0, 0.05) is 0 Å². The second-order valence-electron chi connectivity index (χ2n) is 6.19. The third-order valence-electron chi connectivity index (χ3n) is 3.57. The molecule has 1 saturated heterocycles. The van der Waals surface area contributed by atoms with Crippen LogP contribution in [-0.2, 0) is 0 Å². The van der Waals surface area contributed by atoms with Crippen LogP contribution in [0.4, 0.5) is 0 Å². The molecule has 9 heteroatoms. The van der Waals surface area contributed by atoms with Gasteiger partial charge in [0.1, 0.15) is 0 Å². The normalized spacial score (nSPS) is 29.8. The Morgan fingerprint density at radius 1 is 1.29 bits per heavy atom. The molecule has 118 valence electrons. The van der Waals surface area contributed by atoms with E-state index >= 15 is 0 Å². The van der Waals surface area contributed by atoms with Crippen molar-refractivity contribution in [2.24, 2.45) is 0 Å². The van der Waals surface area contributed by atoms with E-state index in [1.807, 2.05) is 0 Å². The Labute approximate surface area is 129 Å². The fraction of sp³-hybridized carbons (Fsp3) is 0.667. The zero-order valence-corrected chi connectivity index (χ0v) is 15.8. The molecule has 7 nitrogen and oxygen atoms in total. The van der Waals surface area contributed by atoms with Gasteiger partial charge in [-0.15, -0.1) is 0 Å². The van der Waals surface area contributed by atoms with Gasteiger partial charge in [0.05, 0.1) is 0 Å². The first-order valence-electron chi connectivity index (χ1n) is 6.65. The van der Waals surface area contributed by atoms with Crippen LogP contribution in [0.1, 0.15) is 5.37 Å². The minimum atomic E-state index is -2.72. The summed E-state index contributed by atoms with van der Waals surface area (Å²) in [6, 6.07) is 0. The predicted molar refractivity (Wildman–Crippen MR) is 83.8 cm³/mol. The summed E-state index contributed by atoms with van der Waals surface area (Å²) in [4.78, 5) is 32.4. The molecule has 2 heterocycles. The molecule has 1 aliphatic rings. The van der Waals surface area contributed by atoms with Gasteiger partial charge >= 0.3 is 130 Å². The summed E-state index contributed by atoms with van der Waals surface area (Å²) < 4.78 is 1.89. The molecule has 0 aliphatic carbocycles. The van der Waals surface area contributed by atoms with Crippen LogP contribution in [0.15, 0.2) is 15.8 Å². The van der Waals surface area contributed by atoms with E-state index in [0.29, 0.717) is 3.58 Å². The Balaban J connectivity index is 2.50. The second-order valence-corrected chi connectivity index (χ2v) is 21.9. The minimum absolute atomic E-state index is 0.289. The van der Waals surface area contributed by atoms with Gasteiger partial charge in [0.2, 0.25) is 0 Å². The molecule has 0 amide bonds. The average Bonchev–Trinajstić information content (AvgIpc) is 2.65. The summed E-state index contributed by atoms with van der Waals surface area (Å²) in [5.74, 6) is 0. The molecule has 4 atom stereocenters. The fourth-order valence-corrected chi connectivity index (χ4v) is 7.32. The summed E-state index contributed by atoms with van der Waals surface area (Å²) in [5.41, 5.74) is -0.974. The number of aliphatic hydroxyl groups excluding tert-OH is 3. The maximum absolute atomic E-state index is 12.0. The number of H-pyrrole nitrogens is 1. The topological polar surface area (TPSA) is 116 Å². The van der Waals surface area contributed by atoms with Gasteiger partial charge in [0.15, 0.2) is 0 Å². The van der Waals surface area contributed by atoms with Crippen LogP contribution in [0.3, 0.4) is 0 Å². The van der Waals surface area contributed by atoms with Crippen LogP contribution in [0.2, 0.25) is 14.8 Å². The second kappa shape index (κ2) is 6.07. The number of aromatic nitrogens is 2. The SMILES string of the molecule is [CH3][Sn]([CH3])([CH3])[c]1cn(C2S[C@H](CO)[C@@H](O)[C@@H]2O)c(=O)[nH]c1=O. The van der Waals surface area contributed by atoms with E-state index < -0.39 is 46.9 Å². The van der Waals surface area contributed by atoms with E-state index in [1.54, 1.807) is 0 Å². The van der Waals surface area contributed by atoms with Crippen molar-refractivity contribution >= 4 is 33.7 Å². The Hall–Kier alpha value is -0.291. The van der Waals surface area contributed by atoms with Gasteiger partial charge < -0.3 is 0 Å². The monoisotopic (exact) mass is 424 g/mol. The Bertz CT molecular complexity index is 638. The fourth-order valence-electron chi connectivity index (χ4n) is 2.32. The summed E-state index contributed by atoms with van der Waals surface area (Å²) in [6.07, 6.45) is -0.755. The quantitative estimate of drug-likeness (QED) is 0.436. The Morgan fingerprint density at radius 3 is 2.38 bits per heavy atom. The predicted octanol–water partition coefficient (Wildman–Crippen LogP) is -1.59. The van der Waals surface area contributed by atoms with E-state index in [0.717, 1.165) is 11.8 Å². The van der Waals surface area contributed by atoms with Crippen molar-refractivity contribution in [2.75, 3.05) is 6.61 Å². The summed E-state index contributed by atoms with van der Waals surface area (Å²) >= 11 is -1.58. The molecular weight excluding hydrogens is 403 g/mol. The summed E-state index contributed by atoms with van der Waals surface area (Å²) in [5, 5.41) is 27.9. The third-order valence-corrected chi connectivity index (χ3v) is 10.8. The number of rotatable bonds is 3. The zero-order chi connectivity index (χ0) is 15.9. The molecule has 21 heavy (non-hydrogen) atoms. The standard InChI is InChI=1S/C9H11N2O5S.3CH3.Sn/c12-3-4-6(14)7(15)8(17-4)11-2-1-5(13)10-9(11)16;;;;/h2,4,6-8,12,14-15H,3H2,(H,10,13,16);3*1H3;/t4-,6-,7+,8?;;;;/m1..../s1. The maximum atomic E-state index is 12.0. The third kappa shape index (κ3) is 3.24. The first-order valence-corrected chi connectivity index (χ1v) is 17.6. The van der Waals surface area contributed by atoms with Crippen LogP contribution < -0.4 is 14.8 Å². The molecule has 0 aromatic carbocycles. The van der Waals surface area contributed by atoms with Crippen LogP contribution in [-0.4, -0.2) is 67.3 Å². The molecule has 0 radical (unpaired) electrons. The van der Waals surface area contributed by atoms with Gasteiger partial charge in [-0.05, 0) is 0 Å². The van der Waals surface area contributed by atoms with Gasteiger partial charge in [-0.2, -0.15) is 0 Å². The number of aromatic amines is 1. The van der Waals surface area contributed by atoms with Crippen molar-refractivity contribution in [3.63, 3.8) is 0 Å². The van der Waals surface area contributed by atoms with E-state index in [2.05, 4.69) is 19.8 Å². The van der Waals surface area contributed by atoms with Crippen molar-refractivity contribution in [1.82, 2.24) is 9.55 Å². The molecule has 2 rings (SSSR count). The summed E-state index contributed by atoms with van der Waals surface area (Å²) in [6.45, 7) is -0.289. The van der Waals surface area contributed by atoms with Gasteiger partial charge in [-0.25, -0.2) is 0 Å². The molecule has 1 aliphatic heterocycles. The molecule has 1 fully saturated rings. The van der Waals surface area contributed by atoms with E-state index in [9.17, 15) is 24.9 Å². The number of nitrogens with zero attached hydrogens (tertiary/aromatic N) is 1. The Kier molecular flexibility index (Phi) is 4.93. The van der Waals surface area contributed by atoms with Crippen LogP contribution in [0.5, 0.6) is 0 Å². The van der Waals surface area contributed by atoms with Crippen molar-refractivity contribution in [3.05, 3.63) is 27.0 Å². The molecule has 0 spiro atoms. The first-order chi connectivity index (χ1) is 9.66. The van der Waals surface area contributed by atoms with Crippen molar-refractivity contribution in [3.8, 4) is 0 Å². The average molecular weight is 423 g/mol. The van der Waals surface area contributed by atoms with Gasteiger partial charge in [-0.3, -0.25) is 0 Å². The molecule has 1 unspecified atom stereocenters. The number of aliphatic hydroxyl groups is 3. The molecule has 0 bridgehead atoms. The van der Waals surface area contributed by atoms with Crippen LogP contribution in [0.25, 0.3) is 0 Å². The Morgan fingerprint density at radius 2 is 1.90 bits per heavy atom. The van der Waals surface area contributed by atoms with Crippen molar-refractivity contribution in [2.45, 2.75) is 37.7 Å². The summed E-state index contributed by atoms with van der Waals surface area (Å²) in [7, 11) is 0. The van der Waals surface area contributed by atoms with Crippen molar-refractivity contribution in [1.29, 1.82) is 0 Å². The molecular formula is C12H20N2O5SSn. The zero-order valence-electron chi connectivity index (χ0n) is 12.1. The molecule has 1 aromatic heterocycles. The first kappa shape index (κ1) is 17.1. The van der Waals surface area contributed by atoms with E-state index in [4.69, 9.17) is 0 Å². The van der Waals surface area contributed by atoms with Crippen LogP contribution in [0, 0.1) is 0 Å².